The number of nitrogens with zero attached hydrogens (tertiary/aromatic N) is 1. The standard InChI is InChI=1S/C13H22N4O2/c1-6-14-12(18)9(4)15-7(2)11-8(3)16-10(5)17-13(11)19/h7,9,15H,6H2,1-5H3,(H,14,18)(H,16,17,19). The molecule has 1 amide bonds. The number of nitrogens with one attached hydrogen (secondary N) is 3. The first-order valence-electron chi connectivity index (χ1n) is 6.48. The van der Waals surface area contributed by atoms with E-state index >= 15 is 0 Å². The van der Waals surface area contributed by atoms with Gasteiger partial charge in [0.05, 0.1) is 11.6 Å². The second-order valence-corrected chi connectivity index (χ2v) is 4.66. The van der Waals surface area contributed by atoms with Gasteiger partial charge in [0.1, 0.15) is 5.82 Å². The number of aromatic amines is 1. The third-order valence-electron chi connectivity index (χ3n) is 2.94. The number of aryl methyl sites for hydroxylation is 2. The normalized spacial score (nSPS) is 13.9. The number of amides is 1. The molecule has 0 spiro atoms. The van der Waals surface area contributed by atoms with E-state index in [0.29, 0.717) is 23.6 Å². The van der Waals surface area contributed by atoms with Crippen LogP contribution in [0.15, 0.2) is 4.79 Å². The number of aromatic nitrogens is 2. The molecule has 19 heavy (non-hydrogen) atoms. The van der Waals surface area contributed by atoms with Crippen LogP contribution in [0.5, 0.6) is 0 Å². The van der Waals surface area contributed by atoms with Crippen LogP contribution in [0.25, 0.3) is 0 Å². The van der Waals surface area contributed by atoms with Crippen molar-refractivity contribution in [3.8, 4) is 0 Å². The van der Waals surface area contributed by atoms with Gasteiger partial charge in [-0.2, -0.15) is 0 Å². The number of H-pyrrole nitrogens is 1. The van der Waals surface area contributed by atoms with Crippen LogP contribution in [0.1, 0.15) is 43.9 Å². The minimum absolute atomic E-state index is 0.0801. The Hall–Kier alpha value is -1.69. The van der Waals surface area contributed by atoms with Crippen molar-refractivity contribution in [2.45, 2.75) is 46.7 Å². The van der Waals surface area contributed by atoms with Gasteiger partial charge in [0.15, 0.2) is 0 Å². The van der Waals surface area contributed by atoms with Crippen LogP contribution < -0.4 is 16.2 Å². The van der Waals surface area contributed by atoms with E-state index in [1.165, 1.54) is 0 Å². The van der Waals surface area contributed by atoms with Gasteiger partial charge in [-0.1, -0.05) is 0 Å². The van der Waals surface area contributed by atoms with Gasteiger partial charge in [-0.25, -0.2) is 4.98 Å². The van der Waals surface area contributed by atoms with Gasteiger partial charge >= 0.3 is 0 Å². The van der Waals surface area contributed by atoms with Crippen LogP contribution in [-0.4, -0.2) is 28.5 Å². The molecule has 0 radical (unpaired) electrons. The second kappa shape index (κ2) is 6.47. The summed E-state index contributed by atoms with van der Waals surface area (Å²) in [6.07, 6.45) is 0. The summed E-state index contributed by atoms with van der Waals surface area (Å²) in [7, 11) is 0. The van der Waals surface area contributed by atoms with Gasteiger partial charge in [-0.05, 0) is 34.6 Å². The van der Waals surface area contributed by atoms with Gasteiger partial charge in [-0.3, -0.25) is 14.9 Å². The molecular formula is C13H22N4O2. The lowest BCUT2D eigenvalue weighted by molar-refractivity contribution is -0.122. The predicted octanol–water partition coefficient (Wildman–Crippen LogP) is 0.562. The maximum Gasteiger partial charge on any atom is 0.255 e. The van der Waals surface area contributed by atoms with Gasteiger partial charge in [0, 0.05) is 18.3 Å². The zero-order valence-electron chi connectivity index (χ0n) is 12.1. The van der Waals surface area contributed by atoms with E-state index in [-0.39, 0.29) is 23.6 Å². The van der Waals surface area contributed by atoms with E-state index in [1.807, 2.05) is 13.8 Å². The second-order valence-electron chi connectivity index (χ2n) is 4.66. The van der Waals surface area contributed by atoms with E-state index in [4.69, 9.17) is 0 Å². The Labute approximate surface area is 113 Å². The molecule has 6 heteroatoms. The topological polar surface area (TPSA) is 86.9 Å². The highest BCUT2D eigenvalue weighted by Crippen LogP contribution is 2.11. The Bertz CT molecular complexity index is 510. The van der Waals surface area contributed by atoms with E-state index in [1.54, 1.807) is 20.8 Å². The molecule has 1 aromatic rings. The maximum absolute atomic E-state index is 11.9. The molecule has 0 aliphatic heterocycles. The number of hydrogen-bond donors (Lipinski definition) is 3. The van der Waals surface area contributed by atoms with Crippen LogP contribution in [0.4, 0.5) is 0 Å². The summed E-state index contributed by atoms with van der Waals surface area (Å²) in [4.78, 5) is 30.5. The molecule has 0 fully saturated rings. The number of carbonyl (C=O) groups is 1. The monoisotopic (exact) mass is 266 g/mol. The Kier molecular flexibility index (Phi) is 5.23. The molecular weight excluding hydrogens is 244 g/mol. The zero-order chi connectivity index (χ0) is 14.6. The van der Waals surface area contributed by atoms with Crippen LogP contribution in [-0.2, 0) is 4.79 Å². The Morgan fingerprint density at radius 3 is 2.53 bits per heavy atom. The third-order valence-corrected chi connectivity index (χ3v) is 2.94. The smallest absolute Gasteiger partial charge is 0.255 e. The highest BCUT2D eigenvalue weighted by atomic mass is 16.2. The molecule has 2 unspecified atom stereocenters. The SMILES string of the molecule is CCNC(=O)C(C)NC(C)c1c(C)nc(C)[nH]c1=O. The molecule has 0 saturated carbocycles. The molecule has 1 heterocycles. The Morgan fingerprint density at radius 2 is 2.00 bits per heavy atom. The highest BCUT2D eigenvalue weighted by Gasteiger charge is 2.19. The van der Waals surface area contributed by atoms with Gasteiger partial charge in [0.25, 0.3) is 5.56 Å². The molecule has 6 nitrogen and oxygen atoms in total. The largest absolute Gasteiger partial charge is 0.355 e. The molecule has 0 aromatic carbocycles. The molecule has 0 saturated heterocycles. The molecule has 1 rings (SSSR count). The van der Waals surface area contributed by atoms with E-state index < -0.39 is 0 Å². The van der Waals surface area contributed by atoms with Crippen molar-refractivity contribution >= 4 is 5.91 Å². The van der Waals surface area contributed by atoms with Crippen molar-refractivity contribution < 1.29 is 4.79 Å². The predicted molar refractivity (Wildman–Crippen MR) is 74.0 cm³/mol. The minimum Gasteiger partial charge on any atom is -0.355 e. The summed E-state index contributed by atoms with van der Waals surface area (Å²) >= 11 is 0. The number of rotatable bonds is 5. The van der Waals surface area contributed by atoms with Crippen molar-refractivity contribution in [3.05, 3.63) is 27.4 Å². The maximum atomic E-state index is 11.9. The highest BCUT2D eigenvalue weighted by molar-refractivity contribution is 5.81. The molecule has 0 aliphatic carbocycles. The lowest BCUT2D eigenvalue weighted by Crippen LogP contribution is -2.44. The van der Waals surface area contributed by atoms with Gasteiger partial charge in [-0.15, -0.1) is 0 Å². The van der Waals surface area contributed by atoms with E-state index in [0.717, 1.165) is 0 Å². The van der Waals surface area contributed by atoms with Crippen LogP contribution in [0, 0.1) is 13.8 Å². The summed E-state index contributed by atoms with van der Waals surface area (Å²) in [6, 6.07) is -0.607. The molecule has 2 atom stereocenters. The first-order chi connectivity index (χ1) is 8.86. The lowest BCUT2D eigenvalue weighted by atomic mass is 10.1. The van der Waals surface area contributed by atoms with E-state index in [9.17, 15) is 9.59 Å². The summed E-state index contributed by atoms with van der Waals surface area (Å²) < 4.78 is 0. The van der Waals surface area contributed by atoms with Crippen molar-refractivity contribution in [2.75, 3.05) is 6.54 Å². The van der Waals surface area contributed by atoms with Crippen molar-refractivity contribution in [3.63, 3.8) is 0 Å². The fourth-order valence-corrected chi connectivity index (χ4v) is 2.11. The van der Waals surface area contributed by atoms with Crippen LogP contribution in [0.3, 0.4) is 0 Å². The summed E-state index contributed by atoms with van der Waals surface area (Å²) in [5.74, 6) is 0.513. The Balaban J connectivity index is 2.87. The number of hydrogen-bond acceptors (Lipinski definition) is 4. The molecule has 1 aromatic heterocycles. The molecule has 3 N–H and O–H groups in total. The third kappa shape index (κ3) is 3.89. The minimum atomic E-state index is -0.366. The van der Waals surface area contributed by atoms with Crippen LogP contribution in [0.2, 0.25) is 0 Å². The number of carbonyl (C=O) groups excluding carboxylic acids is 1. The molecule has 0 bridgehead atoms. The Morgan fingerprint density at radius 1 is 1.37 bits per heavy atom. The quantitative estimate of drug-likeness (QED) is 0.727. The van der Waals surface area contributed by atoms with Gasteiger partial charge < -0.3 is 10.3 Å². The van der Waals surface area contributed by atoms with Crippen molar-refractivity contribution in [1.29, 1.82) is 0 Å². The zero-order valence-corrected chi connectivity index (χ0v) is 12.1. The first kappa shape index (κ1) is 15.4. The van der Waals surface area contributed by atoms with Crippen molar-refractivity contribution in [2.24, 2.45) is 0 Å². The average Bonchev–Trinajstić information content (AvgIpc) is 2.27. The fraction of sp³-hybridized carbons (Fsp3) is 0.615. The lowest BCUT2D eigenvalue weighted by Gasteiger charge is -2.20. The van der Waals surface area contributed by atoms with E-state index in [2.05, 4.69) is 20.6 Å². The van der Waals surface area contributed by atoms with Crippen LogP contribution >= 0.6 is 0 Å². The summed E-state index contributed by atoms with van der Waals surface area (Å²) in [5, 5.41) is 5.85. The fourth-order valence-electron chi connectivity index (χ4n) is 2.11. The van der Waals surface area contributed by atoms with Gasteiger partial charge in [0.2, 0.25) is 5.91 Å². The molecule has 0 aliphatic rings. The summed E-state index contributed by atoms with van der Waals surface area (Å²) in [6.45, 7) is 9.62. The first-order valence-corrected chi connectivity index (χ1v) is 6.48. The number of likely N-dealkylation sites (N-methyl/N-ethyl adjacent to an activating group) is 1. The summed E-state index contributed by atoms with van der Waals surface area (Å²) in [5.41, 5.74) is 1.10. The van der Waals surface area contributed by atoms with Crippen molar-refractivity contribution in [1.82, 2.24) is 20.6 Å². The average molecular weight is 266 g/mol. The molecule has 106 valence electrons.